The number of hydrogen-bond donors (Lipinski definition) is 1. The third-order valence-electron chi connectivity index (χ3n) is 5.83. The Kier molecular flexibility index (Phi) is 8.31. The van der Waals surface area contributed by atoms with Gasteiger partial charge < -0.3 is 14.6 Å². The molecule has 0 saturated heterocycles. The minimum absolute atomic E-state index is 0.0110. The van der Waals surface area contributed by atoms with Crippen LogP contribution in [0.2, 0.25) is 0 Å². The fourth-order valence-corrected chi connectivity index (χ4v) is 7.05. The molecular formula is C22H29BrN2O7S2. The fraction of sp³-hybridized carbons (Fsp3) is 0.455. The first-order valence-corrected chi connectivity index (χ1v) is 14.3. The van der Waals surface area contributed by atoms with E-state index in [1.807, 2.05) is 0 Å². The first-order valence-electron chi connectivity index (χ1n) is 10.6. The lowest BCUT2D eigenvalue weighted by atomic mass is 10.0. The second-order valence-electron chi connectivity index (χ2n) is 8.29. The zero-order chi connectivity index (χ0) is 25.3. The predicted octanol–water partition coefficient (Wildman–Crippen LogP) is 2.55. The number of sulfonamides is 2. The molecule has 0 fully saturated rings. The average molecular weight is 578 g/mol. The summed E-state index contributed by atoms with van der Waals surface area (Å²) in [5.74, 6) is 0.279. The van der Waals surface area contributed by atoms with Crippen LogP contribution >= 0.6 is 15.9 Å². The van der Waals surface area contributed by atoms with E-state index in [1.165, 1.54) is 41.0 Å². The zero-order valence-electron chi connectivity index (χ0n) is 19.4. The molecule has 1 aliphatic heterocycles. The summed E-state index contributed by atoms with van der Waals surface area (Å²) in [6.07, 6.45) is -0.657. The van der Waals surface area contributed by atoms with E-state index in [1.54, 1.807) is 38.1 Å². The second-order valence-corrected chi connectivity index (χ2v) is 13.1. The molecule has 0 aromatic heterocycles. The van der Waals surface area contributed by atoms with Gasteiger partial charge in [-0.3, -0.25) is 0 Å². The van der Waals surface area contributed by atoms with Gasteiger partial charge in [-0.05, 0) is 49.4 Å². The highest BCUT2D eigenvalue weighted by Crippen LogP contribution is 2.35. The van der Waals surface area contributed by atoms with E-state index in [0.29, 0.717) is 10.2 Å². The van der Waals surface area contributed by atoms with Crippen LogP contribution in [-0.2, 0) is 20.0 Å². The Labute approximate surface area is 209 Å². The maximum atomic E-state index is 13.4. The van der Waals surface area contributed by atoms with Crippen LogP contribution in [0.5, 0.6) is 11.5 Å². The number of halogens is 1. The minimum atomic E-state index is -3.95. The monoisotopic (exact) mass is 576 g/mol. The molecule has 3 rings (SSSR count). The van der Waals surface area contributed by atoms with Gasteiger partial charge in [0.15, 0.2) is 0 Å². The summed E-state index contributed by atoms with van der Waals surface area (Å²) in [4.78, 5) is 0.0733. The van der Waals surface area contributed by atoms with Crippen LogP contribution in [-0.4, -0.2) is 76.6 Å². The molecule has 0 aliphatic carbocycles. The molecule has 0 amide bonds. The van der Waals surface area contributed by atoms with Crippen LogP contribution in [0.25, 0.3) is 0 Å². The van der Waals surface area contributed by atoms with Crippen molar-refractivity contribution in [3.05, 3.63) is 46.9 Å². The summed E-state index contributed by atoms with van der Waals surface area (Å²) in [5, 5.41) is 9.70. The Morgan fingerprint density at radius 2 is 1.91 bits per heavy atom. The quantitative estimate of drug-likeness (QED) is 0.538. The number of nitrogens with zero attached hydrogens (tertiary/aromatic N) is 2. The molecule has 3 atom stereocenters. The standard InChI is InChI=1S/C22H29BrN2O7S2/c1-15-12-25(16(2)14-26)34(29,30)22-10-5-17(23)11-20(22)32-21(15)13-24(3)33(27,28)19-8-6-18(31-4)7-9-19/h5-11,15-16,21,26H,12-14H2,1-4H3/t15-,16+,21-/m0/s1. The zero-order valence-corrected chi connectivity index (χ0v) is 22.6. The van der Waals surface area contributed by atoms with Crippen molar-refractivity contribution in [1.29, 1.82) is 0 Å². The van der Waals surface area contributed by atoms with Gasteiger partial charge in [-0.2, -0.15) is 8.61 Å². The molecule has 2 aromatic carbocycles. The number of methoxy groups -OCH3 is 1. The molecule has 1 aliphatic rings. The van der Waals surface area contributed by atoms with E-state index < -0.39 is 32.2 Å². The number of ether oxygens (including phenoxy) is 2. The van der Waals surface area contributed by atoms with Crippen LogP contribution in [0.15, 0.2) is 56.7 Å². The van der Waals surface area contributed by atoms with Gasteiger partial charge in [0.2, 0.25) is 20.0 Å². The molecule has 34 heavy (non-hydrogen) atoms. The third-order valence-corrected chi connectivity index (χ3v) is 10.2. The number of aliphatic hydroxyl groups excluding tert-OH is 1. The van der Waals surface area contributed by atoms with Gasteiger partial charge in [0, 0.05) is 30.0 Å². The Morgan fingerprint density at radius 1 is 1.26 bits per heavy atom. The highest BCUT2D eigenvalue weighted by molar-refractivity contribution is 9.10. The lowest BCUT2D eigenvalue weighted by molar-refractivity contribution is 0.0904. The topological polar surface area (TPSA) is 113 Å². The van der Waals surface area contributed by atoms with Crippen LogP contribution in [0.4, 0.5) is 0 Å². The number of likely N-dealkylation sites (N-methyl/N-ethyl adjacent to an activating group) is 1. The van der Waals surface area contributed by atoms with Crippen molar-refractivity contribution < 1.29 is 31.4 Å². The Bertz CT molecular complexity index is 1220. The van der Waals surface area contributed by atoms with E-state index in [2.05, 4.69) is 15.9 Å². The van der Waals surface area contributed by atoms with Gasteiger partial charge in [0.05, 0.1) is 25.2 Å². The van der Waals surface area contributed by atoms with Crippen molar-refractivity contribution in [1.82, 2.24) is 8.61 Å². The summed E-state index contributed by atoms with van der Waals surface area (Å²) in [6, 6.07) is 10.0. The van der Waals surface area contributed by atoms with Crippen LogP contribution in [0, 0.1) is 5.92 Å². The first kappa shape index (κ1) is 26.9. The molecule has 9 nitrogen and oxygen atoms in total. The summed E-state index contributed by atoms with van der Waals surface area (Å²) in [7, 11) is -4.82. The molecule has 0 unspecified atom stereocenters. The Balaban J connectivity index is 1.98. The summed E-state index contributed by atoms with van der Waals surface area (Å²) >= 11 is 3.35. The number of aliphatic hydroxyl groups is 1. The highest BCUT2D eigenvalue weighted by atomic mass is 79.9. The molecule has 1 N–H and O–H groups in total. The molecule has 12 heteroatoms. The van der Waals surface area contributed by atoms with Gasteiger partial charge in [-0.1, -0.05) is 22.9 Å². The number of fused-ring (bicyclic) bond motifs is 1. The van der Waals surface area contributed by atoms with Gasteiger partial charge in [0.1, 0.15) is 22.5 Å². The highest BCUT2D eigenvalue weighted by Gasteiger charge is 2.39. The van der Waals surface area contributed by atoms with E-state index in [0.717, 1.165) is 0 Å². The van der Waals surface area contributed by atoms with Crippen LogP contribution < -0.4 is 9.47 Å². The van der Waals surface area contributed by atoms with E-state index in [9.17, 15) is 21.9 Å². The van der Waals surface area contributed by atoms with Crippen molar-refractivity contribution >= 4 is 36.0 Å². The van der Waals surface area contributed by atoms with Gasteiger partial charge in [-0.15, -0.1) is 0 Å². The van der Waals surface area contributed by atoms with Crippen LogP contribution in [0.3, 0.4) is 0 Å². The molecule has 1 heterocycles. The fourth-order valence-electron chi connectivity index (χ4n) is 3.70. The maximum absolute atomic E-state index is 13.4. The van der Waals surface area contributed by atoms with E-state index in [4.69, 9.17) is 9.47 Å². The lowest BCUT2D eigenvalue weighted by Crippen LogP contribution is -2.50. The van der Waals surface area contributed by atoms with Crippen molar-refractivity contribution in [2.45, 2.75) is 35.8 Å². The molecule has 0 spiro atoms. The molecule has 0 bridgehead atoms. The molecular weight excluding hydrogens is 548 g/mol. The van der Waals surface area contributed by atoms with Gasteiger partial charge in [-0.25, -0.2) is 16.8 Å². The molecule has 0 saturated carbocycles. The van der Waals surface area contributed by atoms with Crippen molar-refractivity contribution in [2.24, 2.45) is 5.92 Å². The summed E-state index contributed by atoms with van der Waals surface area (Å²) in [6.45, 7) is 3.12. The number of benzene rings is 2. The Morgan fingerprint density at radius 3 is 2.50 bits per heavy atom. The molecule has 2 aromatic rings. The average Bonchev–Trinajstić information content (AvgIpc) is 2.80. The minimum Gasteiger partial charge on any atom is -0.497 e. The van der Waals surface area contributed by atoms with Gasteiger partial charge in [0.25, 0.3) is 0 Å². The van der Waals surface area contributed by atoms with E-state index >= 15 is 0 Å². The maximum Gasteiger partial charge on any atom is 0.247 e. The predicted molar refractivity (Wildman–Crippen MR) is 131 cm³/mol. The molecule has 0 radical (unpaired) electrons. The van der Waals surface area contributed by atoms with Gasteiger partial charge >= 0.3 is 0 Å². The SMILES string of the molecule is COc1ccc(S(=O)(=O)N(C)C[C@@H]2Oc3cc(Br)ccc3S(=O)(=O)N([C@H](C)CO)C[C@@H]2C)cc1. The lowest BCUT2D eigenvalue weighted by Gasteiger charge is -2.37. The van der Waals surface area contributed by atoms with Crippen molar-refractivity contribution in [2.75, 3.05) is 33.9 Å². The van der Waals surface area contributed by atoms with Crippen molar-refractivity contribution in [3.63, 3.8) is 0 Å². The largest absolute Gasteiger partial charge is 0.497 e. The summed E-state index contributed by atoms with van der Waals surface area (Å²) < 4.78 is 67.4. The Hall–Kier alpha value is -1.70. The van der Waals surface area contributed by atoms with Crippen LogP contribution in [0.1, 0.15) is 13.8 Å². The molecule has 188 valence electrons. The number of rotatable bonds is 7. The second kappa shape index (κ2) is 10.5. The first-order chi connectivity index (χ1) is 15.9. The summed E-state index contributed by atoms with van der Waals surface area (Å²) in [5.41, 5.74) is 0. The smallest absolute Gasteiger partial charge is 0.247 e. The van der Waals surface area contributed by atoms with Crippen molar-refractivity contribution in [3.8, 4) is 11.5 Å². The van der Waals surface area contributed by atoms with E-state index in [-0.39, 0.29) is 41.2 Å². The third kappa shape index (κ3) is 5.42. The normalized spacial score (nSPS) is 21.7. The number of hydrogen-bond acceptors (Lipinski definition) is 7.